The van der Waals surface area contributed by atoms with Gasteiger partial charge in [0, 0.05) is 10.4 Å². The third kappa shape index (κ3) is 2.59. The van der Waals surface area contributed by atoms with Gasteiger partial charge >= 0.3 is 0 Å². The van der Waals surface area contributed by atoms with E-state index in [0.29, 0.717) is 17.5 Å². The minimum Gasteiger partial charge on any atom is -0.375 e. The van der Waals surface area contributed by atoms with Gasteiger partial charge in [0.2, 0.25) is 0 Å². The molecule has 1 aliphatic heterocycles. The van der Waals surface area contributed by atoms with E-state index in [-0.39, 0.29) is 17.8 Å². The zero-order valence-corrected chi connectivity index (χ0v) is 15.5. The van der Waals surface area contributed by atoms with Crippen molar-refractivity contribution in [3.05, 3.63) is 75.5 Å². The van der Waals surface area contributed by atoms with Crippen LogP contribution in [0.25, 0.3) is 0 Å². The normalized spacial score (nSPS) is 24.6. The molecule has 1 N–H and O–H groups in total. The first-order valence-electron chi connectivity index (χ1n) is 8.56. The van der Waals surface area contributed by atoms with Crippen LogP contribution in [0.2, 0.25) is 0 Å². The van der Waals surface area contributed by atoms with Gasteiger partial charge in [-0.2, -0.15) is 0 Å². The van der Waals surface area contributed by atoms with E-state index in [4.69, 9.17) is 0 Å². The average molecular weight is 386 g/mol. The van der Waals surface area contributed by atoms with Gasteiger partial charge in [-0.25, -0.2) is 4.39 Å². The fourth-order valence-corrected chi connectivity index (χ4v) is 4.49. The molecule has 24 heavy (non-hydrogen) atoms. The van der Waals surface area contributed by atoms with E-state index < -0.39 is 0 Å². The largest absolute Gasteiger partial charge is 0.375 e. The Bertz CT molecular complexity index is 794. The highest BCUT2D eigenvalue weighted by Crippen LogP contribution is 2.51. The summed E-state index contributed by atoms with van der Waals surface area (Å²) in [5.74, 6) is 1.07. The van der Waals surface area contributed by atoms with Crippen LogP contribution >= 0.6 is 15.9 Å². The van der Waals surface area contributed by atoms with E-state index in [9.17, 15) is 4.39 Å². The fraction of sp³-hybridized carbons (Fsp3) is 0.333. The summed E-state index contributed by atoms with van der Waals surface area (Å²) in [6, 6.07) is 12.5. The van der Waals surface area contributed by atoms with Gasteiger partial charge in [-0.1, -0.05) is 66.2 Å². The summed E-state index contributed by atoms with van der Waals surface area (Å²) >= 11 is 3.43. The van der Waals surface area contributed by atoms with E-state index in [2.05, 4.69) is 77.6 Å². The maximum atomic E-state index is 14.5. The van der Waals surface area contributed by atoms with Crippen molar-refractivity contribution in [3.8, 4) is 0 Å². The van der Waals surface area contributed by atoms with Crippen LogP contribution in [0.5, 0.6) is 0 Å². The number of allylic oxidation sites excluding steroid dienone is 2. The standard InChI is InChI=1S/C21H21BrFN/c1-12(2)13-6-8-14(9-7-13)20-17-5-3-4-16(17)18-10-15(22)11-19(23)21(18)24-20/h3-4,6-12,16-17,20,24H,5H2,1-2H3/t16-,17-,20+/m1/s1. The molecule has 0 unspecified atom stereocenters. The van der Waals surface area contributed by atoms with Crippen molar-refractivity contribution in [2.75, 3.05) is 5.32 Å². The first kappa shape index (κ1) is 15.9. The average Bonchev–Trinajstić information content (AvgIpc) is 3.04. The lowest BCUT2D eigenvalue weighted by Gasteiger charge is -2.37. The lowest BCUT2D eigenvalue weighted by Crippen LogP contribution is -2.29. The predicted molar refractivity (Wildman–Crippen MR) is 101 cm³/mol. The molecule has 2 aromatic carbocycles. The summed E-state index contributed by atoms with van der Waals surface area (Å²) in [6.45, 7) is 4.41. The first-order valence-corrected chi connectivity index (χ1v) is 9.36. The smallest absolute Gasteiger partial charge is 0.147 e. The topological polar surface area (TPSA) is 12.0 Å². The number of anilines is 1. The third-order valence-corrected chi connectivity index (χ3v) is 5.81. The molecule has 0 saturated carbocycles. The lowest BCUT2D eigenvalue weighted by molar-refractivity contribution is 0.420. The van der Waals surface area contributed by atoms with Gasteiger partial charge in [0.1, 0.15) is 5.82 Å². The number of benzene rings is 2. The van der Waals surface area contributed by atoms with Crippen LogP contribution in [0, 0.1) is 11.7 Å². The van der Waals surface area contributed by atoms with Crippen molar-refractivity contribution in [2.24, 2.45) is 5.92 Å². The van der Waals surface area contributed by atoms with Crippen LogP contribution in [-0.2, 0) is 0 Å². The van der Waals surface area contributed by atoms with Crippen LogP contribution in [0.1, 0.15) is 54.8 Å². The maximum Gasteiger partial charge on any atom is 0.147 e. The molecule has 0 bridgehead atoms. The van der Waals surface area contributed by atoms with E-state index >= 15 is 0 Å². The van der Waals surface area contributed by atoms with Gasteiger partial charge in [-0.15, -0.1) is 0 Å². The highest BCUT2D eigenvalue weighted by atomic mass is 79.9. The molecule has 0 spiro atoms. The molecule has 1 nitrogen and oxygen atoms in total. The molecule has 2 aromatic rings. The number of halogens is 2. The van der Waals surface area contributed by atoms with Crippen molar-refractivity contribution < 1.29 is 4.39 Å². The maximum absolute atomic E-state index is 14.5. The Morgan fingerprint density at radius 2 is 1.92 bits per heavy atom. The van der Waals surface area contributed by atoms with E-state index in [1.54, 1.807) is 6.07 Å². The van der Waals surface area contributed by atoms with Crippen molar-refractivity contribution in [1.82, 2.24) is 0 Å². The summed E-state index contributed by atoms with van der Waals surface area (Å²) in [5, 5.41) is 3.49. The molecule has 0 amide bonds. The molecular formula is C21H21BrFN. The minimum absolute atomic E-state index is 0.148. The number of hydrogen-bond acceptors (Lipinski definition) is 1. The molecule has 1 heterocycles. The van der Waals surface area contributed by atoms with Gasteiger partial charge in [-0.05, 0) is 47.1 Å². The summed E-state index contributed by atoms with van der Waals surface area (Å²) in [4.78, 5) is 0. The highest BCUT2D eigenvalue weighted by molar-refractivity contribution is 9.10. The molecule has 2 aliphatic rings. The predicted octanol–water partition coefficient (Wildman–Crippen LogP) is 6.54. The molecule has 0 saturated heterocycles. The zero-order valence-electron chi connectivity index (χ0n) is 13.9. The van der Waals surface area contributed by atoms with Crippen molar-refractivity contribution in [1.29, 1.82) is 0 Å². The van der Waals surface area contributed by atoms with Gasteiger partial charge in [0.05, 0.1) is 11.7 Å². The molecule has 3 atom stereocenters. The molecule has 4 rings (SSSR count). The van der Waals surface area contributed by atoms with Gasteiger partial charge in [0.15, 0.2) is 0 Å². The quantitative estimate of drug-likeness (QED) is 0.578. The number of nitrogens with one attached hydrogen (secondary N) is 1. The second-order valence-electron chi connectivity index (χ2n) is 7.15. The van der Waals surface area contributed by atoms with E-state index in [0.717, 1.165) is 16.5 Å². The van der Waals surface area contributed by atoms with Gasteiger partial charge in [-0.3, -0.25) is 0 Å². The molecular weight excluding hydrogens is 365 g/mol. The van der Waals surface area contributed by atoms with Gasteiger partial charge in [0.25, 0.3) is 0 Å². The molecule has 0 radical (unpaired) electrons. The van der Waals surface area contributed by atoms with Crippen LogP contribution in [0.4, 0.5) is 10.1 Å². The second kappa shape index (κ2) is 6.03. The Labute approximate surface area is 151 Å². The van der Waals surface area contributed by atoms with Crippen LogP contribution < -0.4 is 5.32 Å². The zero-order chi connectivity index (χ0) is 16.8. The molecule has 1 aliphatic carbocycles. The van der Waals surface area contributed by atoms with E-state index in [1.165, 1.54) is 11.1 Å². The van der Waals surface area contributed by atoms with Crippen LogP contribution in [0.3, 0.4) is 0 Å². The highest BCUT2D eigenvalue weighted by Gasteiger charge is 2.39. The van der Waals surface area contributed by atoms with Crippen molar-refractivity contribution in [2.45, 2.75) is 38.1 Å². The summed E-state index contributed by atoms with van der Waals surface area (Å²) in [5.41, 5.74) is 4.30. The molecule has 0 fully saturated rings. The second-order valence-corrected chi connectivity index (χ2v) is 8.06. The number of fused-ring (bicyclic) bond motifs is 3. The summed E-state index contributed by atoms with van der Waals surface area (Å²) in [7, 11) is 0. The van der Waals surface area contributed by atoms with E-state index in [1.807, 2.05) is 0 Å². The monoisotopic (exact) mass is 385 g/mol. The first-order chi connectivity index (χ1) is 11.5. The summed E-state index contributed by atoms with van der Waals surface area (Å²) in [6.07, 6.45) is 5.51. The Morgan fingerprint density at radius 1 is 1.17 bits per heavy atom. The molecule has 124 valence electrons. The van der Waals surface area contributed by atoms with Gasteiger partial charge < -0.3 is 5.32 Å². The fourth-order valence-electron chi connectivity index (χ4n) is 4.04. The Kier molecular flexibility index (Phi) is 4.00. The lowest BCUT2D eigenvalue weighted by atomic mass is 9.77. The SMILES string of the molecule is CC(C)c1ccc([C@@H]2Nc3c(F)cc(Br)cc3[C@@H]3C=CC[C@H]32)cc1. The molecule has 3 heteroatoms. The summed E-state index contributed by atoms with van der Waals surface area (Å²) < 4.78 is 15.3. The van der Waals surface area contributed by atoms with Crippen molar-refractivity contribution in [3.63, 3.8) is 0 Å². The Morgan fingerprint density at radius 3 is 2.62 bits per heavy atom. The van der Waals surface area contributed by atoms with Crippen molar-refractivity contribution >= 4 is 21.6 Å². The van der Waals surface area contributed by atoms with Crippen LogP contribution in [0.15, 0.2) is 53.0 Å². The number of hydrogen-bond donors (Lipinski definition) is 1. The molecule has 0 aromatic heterocycles. The minimum atomic E-state index is -0.179. The Hall–Kier alpha value is -1.61. The third-order valence-electron chi connectivity index (χ3n) is 5.35. The van der Waals surface area contributed by atoms with Crippen LogP contribution in [-0.4, -0.2) is 0 Å². The number of rotatable bonds is 2. The Balaban J connectivity index is 1.75.